The first-order valence-corrected chi connectivity index (χ1v) is 12.9. The number of ether oxygens (including phenoxy) is 2. The molecule has 0 spiro atoms. The van der Waals surface area contributed by atoms with Gasteiger partial charge in [0.2, 0.25) is 0 Å². The van der Waals surface area contributed by atoms with E-state index in [0.29, 0.717) is 13.5 Å². The Morgan fingerprint density at radius 3 is 1.45 bits per heavy atom. The highest BCUT2D eigenvalue weighted by Gasteiger charge is 2.28. The molecule has 6 heteroatoms. The Labute approximate surface area is 213 Å². The van der Waals surface area contributed by atoms with Gasteiger partial charge in [0.05, 0.1) is 13.8 Å². The molecular formula is C25H32I2N2O2. The molecule has 0 saturated carbocycles. The lowest BCUT2D eigenvalue weighted by Crippen LogP contribution is -2.44. The van der Waals surface area contributed by atoms with Crippen LogP contribution in [0.15, 0.2) is 24.3 Å². The molecule has 0 saturated heterocycles. The van der Waals surface area contributed by atoms with Crippen LogP contribution in [0.4, 0.5) is 0 Å². The highest BCUT2D eigenvalue weighted by Crippen LogP contribution is 2.37. The van der Waals surface area contributed by atoms with Crippen molar-refractivity contribution in [1.82, 2.24) is 9.80 Å². The van der Waals surface area contributed by atoms with Crippen molar-refractivity contribution in [3.05, 3.63) is 53.7 Å². The van der Waals surface area contributed by atoms with Gasteiger partial charge in [-0.2, -0.15) is 0 Å². The summed E-state index contributed by atoms with van der Waals surface area (Å²) in [6.45, 7) is 17.4. The minimum Gasteiger partial charge on any atom is -0.477 e. The van der Waals surface area contributed by atoms with Crippen LogP contribution in [0.2, 0.25) is 0 Å². The fourth-order valence-electron chi connectivity index (χ4n) is 4.07. The fraction of sp³-hybridized carbons (Fsp3) is 0.520. The Kier molecular flexibility index (Phi) is 6.58. The first-order chi connectivity index (χ1) is 14.4. The van der Waals surface area contributed by atoms with E-state index < -0.39 is 0 Å². The zero-order chi connectivity index (χ0) is 22.6. The van der Waals surface area contributed by atoms with Crippen LogP contribution < -0.4 is 9.47 Å². The molecule has 0 fully saturated rings. The van der Waals surface area contributed by atoms with Crippen LogP contribution in [0.3, 0.4) is 0 Å². The lowest BCUT2D eigenvalue weighted by atomic mass is 9.86. The summed E-state index contributed by atoms with van der Waals surface area (Å²) in [7, 11) is 0. The van der Waals surface area contributed by atoms with Crippen LogP contribution in [-0.4, -0.2) is 29.9 Å². The molecule has 2 aromatic rings. The van der Waals surface area contributed by atoms with E-state index in [1.165, 1.54) is 29.4 Å². The van der Waals surface area contributed by atoms with E-state index in [2.05, 4.69) is 121 Å². The Morgan fingerprint density at radius 1 is 0.710 bits per heavy atom. The molecule has 2 aromatic carbocycles. The number of fused-ring (bicyclic) bond motifs is 2. The van der Waals surface area contributed by atoms with E-state index in [4.69, 9.17) is 9.47 Å². The number of halogens is 2. The number of hydrogen-bond donors (Lipinski definition) is 0. The molecule has 0 radical (unpaired) electrons. The number of rotatable bonds is 2. The molecule has 2 heterocycles. The van der Waals surface area contributed by atoms with Crippen molar-refractivity contribution in [3.8, 4) is 11.5 Å². The molecule has 2 aliphatic rings. The Balaban J connectivity index is 1.50. The standard InChI is InChI=1S/C25H32I2N2O2/c1-24(2,3)18-7-16-11-28(14-30-22(16)20(26)9-18)13-29-12-17-8-19(25(4,5)6)10-21(27)23(17)31-15-29/h7-10H,11-15H2,1-6H3. The van der Waals surface area contributed by atoms with Gasteiger partial charge in [0.25, 0.3) is 0 Å². The molecule has 4 rings (SSSR count). The summed E-state index contributed by atoms with van der Waals surface area (Å²) in [5.41, 5.74) is 5.55. The van der Waals surface area contributed by atoms with Crippen molar-refractivity contribution < 1.29 is 9.47 Å². The van der Waals surface area contributed by atoms with Gasteiger partial charge < -0.3 is 9.47 Å². The van der Waals surface area contributed by atoms with E-state index in [0.717, 1.165) is 31.3 Å². The van der Waals surface area contributed by atoms with Crippen LogP contribution in [0, 0.1) is 7.14 Å². The summed E-state index contributed by atoms with van der Waals surface area (Å²) in [4.78, 5) is 4.72. The van der Waals surface area contributed by atoms with Crippen LogP contribution in [0.25, 0.3) is 0 Å². The Morgan fingerprint density at radius 2 is 1.10 bits per heavy atom. The van der Waals surface area contributed by atoms with Gasteiger partial charge in [0, 0.05) is 24.2 Å². The fourth-order valence-corrected chi connectivity index (χ4v) is 5.75. The second kappa shape index (κ2) is 8.65. The van der Waals surface area contributed by atoms with Crippen LogP contribution >= 0.6 is 45.2 Å². The van der Waals surface area contributed by atoms with Gasteiger partial charge in [-0.05, 0) is 79.3 Å². The summed E-state index contributed by atoms with van der Waals surface area (Å²) in [6, 6.07) is 9.17. The van der Waals surface area contributed by atoms with Crippen molar-refractivity contribution in [2.45, 2.75) is 65.5 Å². The molecule has 168 valence electrons. The largest absolute Gasteiger partial charge is 0.477 e. The normalized spacial score (nSPS) is 17.5. The van der Waals surface area contributed by atoms with Crippen LogP contribution in [0.1, 0.15) is 63.8 Å². The lowest BCUT2D eigenvalue weighted by molar-refractivity contribution is -0.00411. The second-order valence-corrected chi connectivity index (χ2v) is 13.1. The van der Waals surface area contributed by atoms with E-state index in [9.17, 15) is 0 Å². The molecule has 0 atom stereocenters. The van der Waals surface area contributed by atoms with Gasteiger partial charge in [-0.25, -0.2) is 0 Å². The smallest absolute Gasteiger partial charge is 0.143 e. The Hall–Kier alpha value is -0.580. The summed E-state index contributed by atoms with van der Waals surface area (Å²) in [5.74, 6) is 2.10. The van der Waals surface area contributed by atoms with Gasteiger partial charge in [-0.1, -0.05) is 53.7 Å². The minimum atomic E-state index is 0.129. The average molecular weight is 646 g/mol. The summed E-state index contributed by atoms with van der Waals surface area (Å²) in [6.07, 6.45) is 0. The van der Waals surface area contributed by atoms with Crippen molar-refractivity contribution in [1.29, 1.82) is 0 Å². The topological polar surface area (TPSA) is 24.9 Å². The predicted molar refractivity (Wildman–Crippen MR) is 143 cm³/mol. The summed E-state index contributed by atoms with van der Waals surface area (Å²) in [5, 5.41) is 0. The van der Waals surface area contributed by atoms with E-state index in [1.807, 2.05) is 0 Å². The second-order valence-electron chi connectivity index (χ2n) is 10.7. The Bertz CT molecular complexity index is 913. The average Bonchev–Trinajstić information content (AvgIpc) is 2.66. The third kappa shape index (κ3) is 5.17. The third-order valence-electron chi connectivity index (χ3n) is 5.94. The molecule has 0 bridgehead atoms. The third-order valence-corrected chi connectivity index (χ3v) is 7.55. The van der Waals surface area contributed by atoms with Crippen molar-refractivity contribution >= 4 is 45.2 Å². The van der Waals surface area contributed by atoms with Gasteiger partial charge in [0.1, 0.15) is 25.0 Å². The molecule has 0 amide bonds. The van der Waals surface area contributed by atoms with Crippen molar-refractivity contribution in [2.24, 2.45) is 0 Å². The van der Waals surface area contributed by atoms with E-state index in [1.54, 1.807) is 0 Å². The molecule has 0 aliphatic carbocycles. The van der Waals surface area contributed by atoms with Crippen molar-refractivity contribution in [2.75, 3.05) is 20.1 Å². The highest BCUT2D eigenvalue weighted by atomic mass is 127. The maximum absolute atomic E-state index is 6.18. The number of hydrogen-bond acceptors (Lipinski definition) is 4. The highest BCUT2D eigenvalue weighted by molar-refractivity contribution is 14.1. The van der Waals surface area contributed by atoms with Crippen LogP contribution in [0.5, 0.6) is 11.5 Å². The first-order valence-electron chi connectivity index (χ1n) is 10.8. The molecule has 4 nitrogen and oxygen atoms in total. The SMILES string of the molecule is CC(C)(C)c1cc(I)c2c(c1)CN(CN1COc3c(I)cc(C(C)(C)C)cc3C1)CO2. The van der Waals surface area contributed by atoms with Gasteiger partial charge in [0.15, 0.2) is 0 Å². The van der Waals surface area contributed by atoms with Gasteiger partial charge in [-0.3, -0.25) is 9.80 Å². The van der Waals surface area contributed by atoms with E-state index >= 15 is 0 Å². The molecule has 0 aromatic heterocycles. The zero-order valence-electron chi connectivity index (χ0n) is 19.3. The lowest BCUT2D eigenvalue weighted by Gasteiger charge is -2.37. The van der Waals surface area contributed by atoms with Crippen LogP contribution in [-0.2, 0) is 23.9 Å². The van der Waals surface area contributed by atoms with Crippen molar-refractivity contribution in [3.63, 3.8) is 0 Å². The summed E-state index contributed by atoms with van der Waals surface area (Å²) < 4.78 is 14.8. The number of nitrogens with zero attached hydrogens (tertiary/aromatic N) is 2. The molecule has 2 aliphatic heterocycles. The summed E-state index contributed by atoms with van der Waals surface area (Å²) >= 11 is 4.82. The first kappa shape index (κ1) is 23.6. The zero-order valence-corrected chi connectivity index (χ0v) is 23.6. The van der Waals surface area contributed by atoms with Gasteiger partial charge in [-0.15, -0.1) is 0 Å². The molecular weight excluding hydrogens is 614 g/mol. The maximum atomic E-state index is 6.18. The molecule has 31 heavy (non-hydrogen) atoms. The monoisotopic (exact) mass is 646 g/mol. The van der Waals surface area contributed by atoms with E-state index in [-0.39, 0.29) is 10.8 Å². The maximum Gasteiger partial charge on any atom is 0.143 e. The minimum absolute atomic E-state index is 0.129. The predicted octanol–water partition coefficient (Wildman–Crippen LogP) is 6.45. The quantitative estimate of drug-likeness (QED) is 0.351. The molecule has 0 N–H and O–H groups in total. The van der Waals surface area contributed by atoms with Gasteiger partial charge >= 0.3 is 0 Å². The molecule has 0 unspecified atom stereocenters. The number of benzene rings is 2.